The van der Waals surface area contributed by atoms with Gasteiger partial charge in [-0.2, -0.15) is 26.3 Å². The number of aromatic nitrogens is 2. The molecule has 0 amide bonds. The number of halogens is 6. The highest BCUT2D eigenvalue weighted by molar-refractivity contribution is 8.05. The van der Waals surface area contributed by atoms with Crippen molar-refractivity contribution in [3.63, 3.8) is 0 Å². The van der Waals surface area contributed by atoms with Gasteiger partial charge >= 0.3 is 31.1 Å². The van der Waals surface area contributed by atoms with Gasteiger partial charge in [0, 0.05) is 23.8 Å². The lowest BCUT2D eigenvalue weighted by Crippen LogP contribution is -2.45. The van der Waals surface area contributed by atoms with E-state index in [4.69, 9.17) is 4.98 Å². The number of nitrogens with one attached hydrogen (secondary N) is 1. The van der Waals surface area contributed by atoms with Gasteiger partial charge in [-0.15, -0.1) is 0 Å². The first-order valence-corrected chi connectivity index (χ1v) is 17.2. The Morgan fingerprint density at radius 1 is 0.721 bits per heavy atom. The van der Waals surface area contributed by atoms with E-state index in [-0.39, 0.29) is 0 Å². The van der Waals surface area contributed by atoms with Crippen LogP contribution in [-0.2, 0) is 32.9 Å². The third-order valence-corrected chi connectivity index (χ3v) is 9.54. The Balaban J connectivity index is 0.000000523. The molecule has 2 aromatic heterocycles. The average Bonchev–Trinajstić information content (AvgIpc) is 2.88. The van der Waals surface area contributed by atoms with Crippen molar-refractivity contribution in [1.29, 1.82) is 0 Å². The zero-order chi connectivity index (χ0) is 32.9. The minimum absolute atomic E-state index is 0.493. The standard InChI is InChI=1S/C26H40N2.C2HF6NO4S2/c1-5-7-9-11-13-15-24-20-28-22(4)25(16-14-12-10-8-6-2)26(24)23-17-18-27-21(3)19-23;3-1(4,5)14(10,11)9-15(12,13)2(6,7)8/h17-20H,5-16H2,1-4H3;9H. The Morgan fingerprint density at radius 2 is 1.21 bits per heavy atom. The van der Waals surface area contributed by atoms with Crippen molar-refractivity contribution in [3.05, 3.63) is 47.0 Å². The smallest absolute Gasteiger partial charge is 0.262 e. The molecule has 15 heteroatoms. The number of hydrogen-bond acceptors (Lipinski definition) is 6. The van der Waals surface area contributed by atoms with Gasteiger partial charge in [-0.25, -0.2) is 16.8 Å². The molecule has 0 bridgehead atoms. The second-order valence-electron chi connectivity index (χ2n) is 10.2. The first-order valence-electron chi connectivity index (χ1n) is 14.2. The molecule has 246 valence electrons. The number of rotatable bonds is 15. The summed E-state index contributed by atoms with van der Waals surface area (Å²) in [5.74, 6) is 0. The maximum atomic E-state index is 11.5. The van der Waals surface area contributed by atoms with E-state index in [0.717, 1.165) is 18.5 Å². The third kappa shape index (κ3) is 12.7. The molecule has 0 saturated heterocycles. The molecule has 2 heterocycles. The molecular weight excluding hydrogens is 620 g/mol. The Bertz CT molecular complexity index is 1320. The quantitative estimate of drug-likeness (QED) is 0.153. The van der Waals surface area contributed by atoms with Crippen molar-refractivity contribution < 1.29 is 43.2 Å². The van der Waals surface area contributed by atoms with Gasteiger partial charge in [-0.05, 0) is 73.9 Å². The number of pyridine rings is 2. The van der Waals surface area contributed by atoms with E-state index in [1.807, 2.05) is 6.20 Å². The fraction of sp³-hybridized carbons (Fsp3) is 0.643. The van der Waals surface area contributed by atoms with Crippen LogP contribution >= 0.6 is 0 Å². The van der Waals surface area contributed by atoms with E-state index < -0.39 is 35.2 Å². The van der Waals surface area contributed by atoms with Crippen molar-refractivity contribution >= 4 is 20.0 Å². The van der Waals surface area contributed by atoms with Gasteiger partial charge in [0.1, 0.15) is 0 Å². The molecular formula is C28H41F6N3O4S2. The molecule has 43 heavy (non-hydrogen) atoms. The summed E-state index contributed by atoms with van der Waals surface area (Å²) < 4.78 is 108. The topological polar surface area (TPSA) is 106 Å². The first-order chi connectivity index (χ1) is 19.9. The summed E-state index contributed by atoms with van der Waals surface area (Å²) in [6.07, 6.45) is 19.6. The van der Waals surface area contributed by atoms with Crippen LogP contribution in [0.1, 0.15) is 101 Å². The van der Waals surface area contributed by atoms with Crippen LogP contribution in [0.5, 0.6) is 0 Å². The number of nitrogens with zero attached hydrogens (tertiary/aromatic N) is 2. The molecule has 7 nitrogen and oxygen atoms in total. The molecule has 2 aromatic rings. The molecule has 0 unspecified atom stereocenters. The fourth-order valence-corrected chi connectivity index (χ4v) is 6.22. The lowest BCUT2D eigenvalue weighted by Gasteiger charge is -2.18. The summed E-state index contributed by atoms with van der Waals surface area (Å²) in [6, 6.07) is 4.43. The van der Waals surface area contributed by atoms with Gasteiger partial charge < -0.3 is 0 Å². The van der Waals surface area contributed by atoms with E-state index >= 15 is 0 Å². The maximum absolute atomic E-state index is 11.5. The van der Waals surface area contributed by atoms with Gasteiger partial charge in [-0.1, -0.05) is 69.3 Å². The highest BCUT2D eigenvalue weighted by atomic mass is 32.3. The molecule has 0 aliphatic carbocycles. The van der Waals surface area contributed by atoms with Gasteiger partial charge in [0.05, 0.1) is 0 Å². The minimum Gasteiger partial charge on any atom is -0.262 e. The molecule has 0 spiro atoms. The normalized spacial score (nSPS) is 12.6. The summed E-state index contributed by atoms with van der Waals surface area (Å²) in [4.78, 5) is 9.23. The number of unbranched alkanes of at least 4 members (excludes halogenated alkanes) is 8. The summed E-state index contributed by atoms with van der Waals surface area (Å²) in [7, 11) is -13.2. The van der Waals surface area contributed by atoms with E-state index in [1.165, 1.54) is 92.2 Å². The lowest BCUT2D eigenvalue weighted by molar-refractivity contribution is -0.0476. The molecule has 0 atom stereocenters. The van der Waals surface area contributed by atoms with Crippen LogP contribution in [0.15, 0.2) is 24.5 Å². The van der Waals surface area contributed by atoms with Crippen molar-refractivity contribution in [2.24, 2.45) is 0 Å². The van der Waals surface area contributed by atoms with Crippen LogP contribution in [0, 0.1) is 13.8 Å². The highest BCUT2D eigenvalue weighted by Crippen LogP contribution is 2.32. The van der Waals surface area contributed by atoms with Crippen LogP contribution in [0.25, 0.3) is 11.1 Å². The number of sulfonamides is 2. The number of alkyl halides is 6. The van der Waals surface area contributed by atoms with E-state index in [2.05, 4.69) is 51.0 Å². The zero-order valence-electron chi connectivity index (χ0n) is 24.9. The van der Waals surface area contributed by atoms with Crippen molar-refractivity contribution in [1.82, 2.24) is 14.1 Å². The van der Waals surface area contributed by atoms with Crippen molar-refractivity contribution in [3.8, 4) is 11.1 Å². The molecule has 1 N–H and O–H groups in total. The minimum atomic E-state index is -6.60. The van der Waals surface area contributed by atoms with Gasteiger partial charge in [0.25, 0.3) is 0 Å². The van der Waals surface area contributed by atoms with E-state index in [9.17, 15) is 43.2 Å². The molecule has 0 saturated carbocycles. The van der Waals surface area contributed by atoms with Gasteiger partial charge in [0.15, 0.2) is 0 Å². The second-order valence-corrected chi connectivity index (χ2v) is 13.8. The number of hydrogen-bond donors (Lipinski definition) is 1. The Morgan fingerprint density at radius 3 is 1.67 bits per heavy atom. The molecule has 0 radical (unpaired) electrons. The summed E-state index contributed by atoms with van der Waals surface area (Å²) in [5, 5.41) is 0. The van der Waals surface area contributed by atoms with Crippen LogP contribution in [0.4, 0.5) is 26.3 Å². The summed E-state index contributed by atoms with van der Waals surface area (Å²) in [6.45, 7) is 8.83. The SMILES string of the molecule is CCCCCCCc1cnc(C)c(CCCCCCC)c1-c1ccnc(C)c1.O=S(=O)(NS(=O)(=O)C(F)(F)F)C(F)(F)F. The average molecular weight is 662 g/mol. The summed E-state index contributed by atoms with van der Waals surface area (Å²) >= 11 is 0. The second kappa shape index (κ2) is 17.3. The molecule has 0 aromatic carbocycles. The monoisotopic (exact) mass is 661 g/mol. The predicted octanol–water partition coefficient (Wildman–Crippen LogP) is 8.06. The van der Waals surface area contributed by atoms with E-state index in [1.54, 1.807) is 0 Å². The van der Waals surface area contributed by atoms with Crippen LogP contribution in [0.3, 0.4) is 0 Å². The van der Waals surface area contributed by atoms with Crippen LogP contribution in [0.2, 0.25) is 0 Å². The van der Waals surface area contributed by atoms with Gasteiger partial charge in [-0.3, -0.25) is 9.97 Å². The van der Waals surface area contributed by atoms with Crippen molar-refractivity contribution in [2.75, 3.05) is 0 Å². The fourth-order valence-electron chi connectivity index (χ4n) is 4.31. The molecule has 0 fully saturated rings. The largest absolute Gasteiger partial charge is 0.512 e. The van der Waals surface area contributed by atoms with E-state index in [0.29, 0.717) is 0 Å². The zero-order valence-corrected chi connectivity index (χ0v) is 26.5. The molecule has 2 rings (SSSR count). The molecule has 0 aliphatic rings. The summed E-state index contributed by atoms with van der Waals surface area (Å²) in [5.41, 5.74) is -4.33. The predicted molar refractivity (Wildman–Crippen MR) is 155 cm³/mol. The van der Waals surface area contributed by atoms with Crippen LogP contribution in [-0.4, -0.2) is 37.8 Å². The molecule has 0 aliphatic heterocycles. The first kappa shape index (κ1) is 38.8. The van der Waals surface area contributed by atoms with Crippen molar-refractivity contribution in [2.45, 2.75) is 116 Å². The Labute approximate surface area is 251 Å². The third-order valence-electron chi connectivity index (χ3n) is 6.57. The lowest BCUT2D eigenvalue weighted by atomic mass is 9.89. The van der Waals surface area contributed by atoms with Gasteiger partial charge in [0.2, 0.25) is 0 Å². The van der Waals surface area contributed by atoms with Crippen LogP contribution < -0.4 is 4.13 Å². The Kier molecular flexibility index (Phi) is 15.6. The maximum Gasteiger partial charge on any atom is 0.512 e. The number of aryl methyl sites for hydroxylation is 3. The Hall–Kier alpha value is -2.26. The highest BCUT2D eigenvalue weighted by Gasteiger charge is 2.55.